The van der Waals surface area contributed by atoms with Crippen molar-refractivity contribution in [2.24, 2.45) is 5.14 Å². The van der Waals surface area contributed by atoms with E-state index in [2.05, 4.69) is 0 Å². The Hall–Kier alpha value is -2.98. The molecule has 2 N–H and O–H groups in total. The van der Waals surface area contributed by atoms with Crippen molar-refractivity contribution in [3.8, 4) is 5.75 Å². The molecule has 0 spiro atoms. The summed E-state index contributed by atoms with van der Waals surface area (Å²) in [6.07, 6.45) is 0.467. The van der Waals surface area contributed by atoms with E-state index in [4.69, 9.17) is 9.88 Å². The lowest BCUT2D eigenvalue weighted by molar-refractivity contribution is -0.385. The monoisotopic (exact) mass is 405 g/mol. The Morgan fingerprint density at radius 2 is 2.04 bits per heavy atom. The number of sulfonamides is 1. The minimum absolute atomic E-state index is 0.0145. The summed E-state index contributed by atoms with van der Waals surface area (Å²) in [7, 11) is -3.83. The SMILES string of the molecule is Cc1ccc([N+](=O)[O-])c(OCC(=O)N2c3ccc(S(N)(=O)=O)cc3CC2C)c1. The number of nitrogens with two attached hydrogens (primary N) is 1. The molecular formula is C18H19N3O6S. The van der Waals surface area contributed by atoms with Gasteiger partial charge in [0.05, 0.1) is 9.82 Å². The van der Waals surface area contributed by atoms with Crippen LogP contribution >= 0.6 is 0 Å². The molecule has 0 saturated heterocycles. The van der Waals surface area contributed by atoms with Gasteiger partial charge < -0.3 is 9.64 Å². The maximum absolute atomic E-state index is 12.7. The second kappa shape index (κ2) is 7.21. The van der Waals surface area contributed by atoms with Crippen LogP contribution in [0.4, 0.5) is 11.4 Å². The van der Waals surface area contributed by atoms with Gasteiger partial charge in [-0.05, 0) is 55.7 Å². The first-order valence-corrected chi connectivity index (χ1v) is 9.98. The third-order valence-corrected chi connectivity index (χ3v) is 5.44. The average molecular weight is 405 g/mol. The van der Waals surface area contributed by atoms with Crippen molar-refractivity contribution in [1.82, 2.24) is 0 Å². The van der Waals surface area contributed by atoms with Crippen molar-refractivity contribution < 1.29 is 22.9 Å². The molecule has 1 unspecified atom stereocenters. The Balaban J connectivity index is 1.82. The molecule has 10 heteroatoms. The van der Waals surface area contributed by atoms with Gasteiger partial charge in [-0.25, -0.2) is 13.6 Å². The first-order chi connectivity index (χ1) is 13.1. The molecule has 0 radical (unpaired) electrons. The average Bonchev–Trinajstić information content (AvgIpc) is 2.93. The molecule has 1 heterocycles. The Morgan fingerprint density at radius 1 is 1.32 bits per heavy atom. The number of nitro groups is 1. The van der Waals surface area contributed by atoms with Crippen LogP contribution in [0.2, 0.25) is 0 Å². The number of fused-ring (bicyclic) bond motifs is 1. The fourth-order valence-electron chi connectivity index (χ4n) is 3.26. The Kier molecular flexibility index (Phi) is 5.09. The van der Waals surface area contributed by atoms with Crippen LogP contribution in [-0.4, -0.2) is 31.9 Å². The standard InChI is InChI=1S/C18H19N3O6S/c1-11-3-5-16(21(23)24)17(7-11)27-10-18(22)20-12(2)8-13-9-14(28(19,25)26)4-6-15(13)20/h3-7,9,12H,8,10H2,1-2H3,(H2,19,25,26). The number of aryl methyl sites for hydroxylation is 1. The van der Waals surface area contributed by atoms with E-state index in [0.717, 1.165) is 5.56 Å². The zero-order valence-corrected chi connectivity index (χ0v) is 16.1. The molecule has 2 aromatic rings. The Morgan fingerprint density at radius 3 is 2.68 bits per heavy atom. The van der Waals surface area contributed by atoms with Crippen molar-refractivity contribution in [1.29, 1.82) is 0 Å². The number of carbonyl (C=O) groups is 1. The molecule has 0 saturated carbocycles. The molecule has 1 atom stereocenters. The minimum Gasteiger partial charge on any atom is -0.477 e. The normalized spacial score (nSPS) is 16.0. The number of ether oxygens (including phenoxy) is 1. The lowest BCUT2D eigenvalue weighted by Gasteiger charge is -2.22. The van der Waals surface area contributed by atoms with Gasteiger partial charge in [0, 0.05) is 17.8 Å². The third kappa shape index (κ3) is 3.82. The maximum Gasteiger partial charge on any atom is 0.310 e. The molecule has 3 rings (SSSR count). The third-order valence-electron chi connectivity index (χ3n) is 4.53. The minimum atomic E-state index is -3.83. The van der Waals surface area contributed by atoms with Crippen LogP contribution in [0.25, 0.3) is 0 Å². The number of rotatable bonds is 5. The van der Waals surface area contributed by atoms with E-state index >= 15 is 0 Å². The summed E-state index contributed by atoms with van der Waals surface area (Å²) in [6, 6.07) is 8.55. The number of amides is 1. The summed E-state index contributed by atoms with van der Waals surface area (Å²) in [4.78, 5) is 24.8. The number of benzene rings is 2. The van der Waals surface area contributed by atoms with Gasteiger partial charge >= 0.3 is 5.69 Å². The van der Waals surface area contributed by atoms with Crippen LogP contribution in [-0.2, 0) is 21.2 Å². The Labute approximate surface area is 161 Å². The molecule has 2 aromatic carbocycles. The van der Waals surface area contributed by atoms with Crippen LogP contribution in [0.15, 0.2) is 41.3 Å². The van der Waals surface area contributed by atoms with E-state index in [1.54, 1.807) is 13.0 Å². The first-order valence-electron chi connectivity index (χ1n) is 8.43. The Bertz CT molecular complexity index is 1070. The van der Waals surface area contributed by atoms with Gasteiger partial charge in [-0.3, -0.25) is 14.9 Å². The highest BCUT2D eigenvalue weighted by molar-refractivity contribution is 7.89. The van der Waals surface area contributed by atoms with Crippen LogP contribution in [0.5, 0.6) is 5.75 Å². The van der Waals surface area contributed by atoms with Crippen LogP contribution < -0.4 is 14.8 Å². The van der Waals surface area contributed by atoms with E-state index in [0.29, 0.717) is 17.7 Å². The van der Waals surface area contributed by atoms with Gasteiger partial charge in [-0.1, -0.05) is 6.07 Å². The van der Waals surface area contributed by atoms with Gasteiger partial charge in [0.2, 0.25) is 10.0 Å². The summed E-state index contributed by atoms with van der Waals surface area (Å²) in [5.74, 6) is -0.361. The van der Waals surface area contributed by atoms with Gasteiger partial charge in [0.15, 0.2) is 12.4 Å². The molecule has 1 aliphatic heterocycles. The van der Waals surface area contributed by atoms with E-state index in [-0.39, 0.29) is 34.9 Å². The molecular weight excluding hydrogens is 386 g/mol. The molecule has 0 fully saturated rings. The van der Waals surface area contributed by atoms with Crippen LogP contribution in [0, 0.1) is 17.0 Å². The predicted molar refractivity (Wildman–Crippen MR) is 102 cm³/mol. The van der Waals surface area contributed by atoms with Crippen LogP contribution in [0.1, 0.15) is 18.1 Å². The van der Waals surface area contributed by atoms with Crippen molar-refractivity contribution >= 4 is 27.3 Å². The highest BCUT2D eigenvalue weighted by atomic mass is 32.2. The molecule has 0 bridgehead atoms. The highest BCUT2D eigenvalue weighted by Gasteiger charge is 2.32. The topological polar surface area (TPSA) is 133 Å². The van der Waals surface area contributed by atoms with Crippen LogP contribution in [0.3, 0.4) is 0 Å². The molecule has 0 aliphatic carbocycles. The van der Waals surface area contributed by atoms with E-state index in [1.165, 1.54) is 35.2 Å². The predicted octanol–water partition coefficient (Wildman–Crippen LogP) is 1.91. The number of hydrogen-bond acceptors (Lipinski definition) is 6. The first kappa shape index (κ1) is 19.8. The summed E-state index contributed by atoms with van der Waals surface area (Å²) in [5.41, 5.74) is 1.82. The van der Waals surface area contributed by atoms with Crippen molar-refractivity contribution in [3.05, 3.63) is 57.6 Å². The summed E-state index contributed by atoms with van der Waals surface area (Å²) in [5, 5.41) is 16.3. The fourth-order valence-corrected chi connectivity index (χ4v) is 3.83. The smallest absolute Gasteiger partial charge is 0.310 e. The van der Waals surface area contributed by atoms with Crippen molar-refractivity contribution in [3.63, 3.8) is 0 Å². The number of nitrogens with zero attached hydrogens (tertiary/aromatic N) is 2. The van der Waals surface area contributed by atoms with Crippen molar-refractivity contribution in [2.45, 2.75) is 31.2 Å². The summed E-state index contributed by atoms with van der Waals surface area (Å²) < 4.78 is 28.5. The largest absolute Gasteiger partial charge is 0.477 e. The van der Waals surface area contributed by atoms with Gasteiger partial charge in [0.25, 0.3) is 5.91 Å². The molecule has 0 aromatic heterocycles. The van der Waals surface area contributed by atoms with Crippen molar-refractivity contribution in [2.75, 3.05) is 11.5 Å². The zero-order chi connectivity index (χ0) is 20.6. The molecule has 9 nitrogen and oxygen atoms in total. The molecule has 148 valence electrons. The lowest BCUT2D eigenvalue weighted by Crippen LogP contribution is -2.39. The van der Waals surface area contributed by atoms with E-state index < -0.39 is 14.9 Å². The fraction of sp³-hybridized carbons (Fsp3) is 0.278. The molecule has 28 heavy (non-hydrogen) atoms. The zero-order valence-electron chi connectivity index (χ0n) is 15.3. The molecule has 1 aliphatic rings. The highest BCUT2D eigenvalue weighted by Crippen LogP contribution is 2.34. The van der Waals surface area contributed by atoms with Gasteiger partial charge in [0.1, 0.15) is 0 Å². The van der Waals surface area contributed by atoms with E-state index in [1.807, 2.05) is 6.92 Å². The lowest BCUT2D eigenvalue weighted by atomic mass is 10.1. The van der Waals surface area contributed by atoms with Gasteiger partial charge in [-0.15, -0.1) is 0 Å². The number of nitro benzene ring substituents is 1. The number of primary sulfonamides is 1. The summed E-state index contributed by atoms with van der Waals surface area (Å²) >= 11 is 0. The summed E-state index contributed by atoms with van der Waals surface area (Å²) in [6.45, 7) is 3.20. The van der Waals surface area contributed by atoms with E-state index in [9.17, 15) is 23.3 Å². The number of anilines is 1. The quantitative estimate of drug-likeness (QED) is 0.597. The molecule has 1 amide bonds. The second-order valence-electron chi connectivity index (χ2n) is 6.67. The number of carbonyl (C=O) groups excluding carboxylic acids is 1. The van der Waals surface area contributed by atoms with Gasteiger partial charge in [-0.2, -0.15) is 0 Å². The maximum atomic E-state index is 12.7. The number of hydrogen-bond donors (Lipinski definition) is 1. The second-order valence-corrected chi connectivity index (χ2v) is 8.23.